The van der Waals surface area contributed by atoms with E-state index in [1.807, 2.05) is 30.5 Å². The largest absolute Gasteiger partial charge is 0.478 e. The summed E-state index contributed by atoms with van der Waals surface area (Å²) in [5, 5.41) is 8.92. The summed E-state index contributed by atoms with van der Waals surface area (Å²) in [5.41, 5.74) is 1.31. The molecule has 0 aliphatic carbocycles. The van der Waals surface area contributed by atoms with E-state index in [0.717, 1.165) is 10.5 Å². The van der Waals surface area contributed by atoms with Crippen LogP contribution < -0.4 is 0 Å². The Kier molecular flexibility index (Phi) is 3.67. The molecule has 0 bridgehead atoms. The maximum atomic E-state index is 13.3. The molecule has 0 heterocycles. The quantitative estimate of drug-likeness (QED) is 0.852. The Morgan fingerprint density at radius 3 is 2.61 bits per heavy atom. The normalized spacial score (nSPS) is 10.3. The van der Waals surface area contributed by atoms with E-state index in [1.54, 1.807) is 17.8 Å². The second-order valence-corrected chi connectivity index (χ2v) is 4.55. The summed E-state index contributed by atoms with van der Waals surface area (Å²) in [6.07, 6.45) is 1.94. The molecule has 4 heteroatoms. The maximum absolute atomic E-state index is 13.3. The van der Waals surface area contributed by atoms with Crippen LogP contribution in [0.4, 0.5) is 4.39 Å². The average Bonchev–Trinajstić information content (AvgIpc) is 2.39. The maximum Gasteiger partial charge on any atom is 0.338 e. The molecule has 0 aromatic heterocycles. The lowest BCUT2D eigenvalue weighted by Crippen LogP contribution is -2.00. The summed E-state index contributed by atoms with van der Waals surface area (Å²) in [5.74, 6) is -1.97. The van der Waals surface area contributed by atoms with Gasteiger partial charge >= 0.3 is 5.97 Å². The molecule has 18 heavy (non-hydrogen) atoms. The van der Waals surface area contributed by atoms with Gasteiger partial charge in [-0.3, -0.25) is 0 Å². The van der Waals surface area contributed by atoms with Crippen LogP contribution in [0.2, 0.25) is 0 Å². The Morgan fingerprint density at radius 2 is 1.94 bits per heavy atom. The minimum absolute atomic E-state index is 0.302. The molecule has 0 atom stereocenters. The number of carbonyl (C=O) groups is 1. The molecule has 2 aromatic carbocycles. The summed E-state index contributed by atoms with van der Waals surface area (Å²) < 4.78 is 13.3. The first-order valence-electron chi connectivity index (χ1n) is 5.29. The number of thioether (sulfide) groups is 1. The minimum Gasteiger partial charge on any atom is -0.478 e. The van der Waals surface area contributed by atoms with Crippen molar-refractivity contribution in [2.75, 3.05) is 6.26 Å². The molecule has 0 spiro atoms. The Morgan fingerprint density at radius 1 is 1.22 bits per heavy atom. The lowest BCUT2D eigenvalue weighted by atomic mass is 10.0. The first kappa shape index (κ1) is 12.6. The molecule has 92 valence electrons. The fourth-order valence-electron chi connectivity index (χ4n) is 1.74. The van der Waals surface area contributed by atoms with E-state index in [4.69, 9.17) is 5.11 Å². The predicted octanol–water partition coefficient (Wildman–Crippen LogP) is 3.91. The highest BCUT2D eigenvalue weighted by molar-refractivity contribution is 7.98. The highest BCUT2D eigenvalue weighted by Crippen LogP contribution is 2.30. The molecular weight excluding hydrogens is 251 g/mol. The van der Waals surface area contributed by atoms with Crippen LogP contribution >= 0.6 is 11.8 Å². The Bertz CT molecular complexity index is 596. The van der Waals surface area contributed by atoms with Crippen molar-refractivity contribution in [3.63, 3.8) is 0 Å². The molecule has 0 saturated carbocycles. The van der Waals surface area contributed by atoms with Gasteiger partial charge in [0.15, 0.2) is 0 Å². The van der Waals surface area contributed by atoms with Crippen LogP contribution in [-0.4, -0.2) is 17.3 Å². The third-order valence-corrected chi connectivity index (χ3v) is 3.41. The van der Waals surface area contributed by atoms with E-state index in [-0.39, 0.29) is 5.56 Å². The van der Waals surface area contributed by atoms with E-state index >= 15 is 0 Å². The highest BCUT2D eigenvalue weighted by atomic mass is 32.2. The van der Waals surface area contributed by atoms with Crippen LogP contribution in [0.5, 0.6) is 0 Å². The van der Waals surface area contributed by atoms with Crippen molar-refractivity contribution >= 4 is 17.7 Å². The second-order valence-electron chi connectivity index (χ2n) is 3.70. The number of benzene rings is 2. The fraction of sp³-hybridized carbons (Fsp3) is 0.0714. The SMILES string of the molecule is CSc1ccccc1-c1ccc(F)c(C(=O)O)c1. The molecule has 0 saturated heterocycles. The van der Waals surface area contributed by atoms with Crippen LogP contribution in [0.15, 0.2) is 47.4 Å². The van der Waals surface area contributed by atoms with Gasteiger partial charge in [0.25, 0.3) is 0 Å². The number of carboxylic acid groups (broad SMARTS) is 1. The van der Waals surface area contributed by atoms with Crippen molar-refractivity contribution in [2.45, 2.75) is 4.90 Å². The summed E-state index contributed by atoms with van der Waals surface area (Å²) in [4.78, 5) is 11.9. The number of halogens is 1. The monoisotopic (exact) mass is 262 g/mol. The molecule has 0 aliphatic rings. The van der Waals surface area contributed by atoms with Crippen LogP contribution in [-0.2, 0) is 0 Å². The summed E-state index contributed by atoms with van der Waals surface area (Å²) in [7, 11) is 0. The van der Waals surface area contributed by atoms with Crippen molar-refractivity contribution in [3.05, 3.63) is 53.8 Å². The molecule has 2 rings (SSSR count). The molecule has 0 unspecified atom stereocenters. The second kappa shape index (κ2) is 5.23. The molecule has 0 radical (unpaired) electrons. The molecule has 0 fully saturated rings. The smallest absolute Gasteiger partial charge is 0.338 e. The number of rotatable bonds is 3. The Labute approximate surface area is 108 Å². The van der Waals surface area contributed by atoms with E-state index in [9.17, 15) is 9.18 Å². The van der Waals surface area contributed by atoms with Crippen LogP contribution in [0, 0.1) is 5.82 Å². The molecule has 2 nitrogen and oxygen atoms in total. The molecule has 1 N–H and O–H groups in total. The predicted molar refractivity (Wildman–Crippen MR) is 70.6 cm³/mol. The standard InChI is InChI=1S/C14H11FO2S/c1-18-13-5-3-2-4-10(13)9-6-7-12(15)11(8-9)14(16)17/h2-8H,1H3,(H,16,17). The zero-order valence-electron chi connectivity index (χ0n) is 9.68. The molecule has 2 aromatic rings. The van der Waals surface area contributed by atoms with Gasteiger partial charge in [-0.05, 0) is 35.6 Å². The van der Waals surface area contributed by atoms with Gasteiger partial charge in [0.1, 0.15) is 5.82 Å². The third kappa shape index (κ3) is 2.38. The molecular formula is C14H11FO2S. The first-order valence-corrected chi connectivity index (χ1v) is 6.52. The van der Waals surface area contributed by atoms with Gasteiger partial charge < -0.3 is 5.11 Å². The first-order chi connectivity index (χ1) is 8.63. The summed E-state index contributed by atoms with van der Waals surface area (Å²) in [6, 6.07) is 11.8. The fourth-order valence-corrected chi connectivity index (χ4v) is 2.36. The lowest BCUT2D eigenvalue weighted by molar-refractivity contribution is 0.0692. The van der Waals surface area contributed by atoms with Crippen molar-refractivity contribution in [2.24, 2.45) is 0 Å². The van der Waals surface area contributed by atoms with Gasteiger partial charge in [0.2, 0.25) is 0 Å². The average molecular weight is 262 g/mol. The zero-order chi connectivity index (χ0) is 13.1. The van der Waals surface area contributed by atoms with Gasteiger partial charge in [-0.15, -0.1) is 11.8 Å². The van der Waals surface area contributed by atoms with E-state index in [1.165, 1.54) is 12.1 Å². The van der Waals surface area contributed by atoms with E-state index < -0.39 is 11.8 Å². The summed E-state index contributed by atoms with van der Waals surface area (Å²) >= 11 is 1.57. The lowest BCUT2D eigenvalue weighted by Gasteiger charge is -2.08. The van der Waals surface area contributed by atoms with Crippen LogP contribution in [0.3, 0.4) is 0 Å². The van der Waals surface area contributed by atoms with Gasteiger partial charge in [-0.2, -0.15) is 0 Å². The minimum atomic E-state index is -1.25. The van der Waals surface area contributed by atoms with Gasteiger partial charge in [0.05, 0.1) is 5.56 Å². The van der Waals surface area contributed by atoms with E-state index in [0.29, 0.717) is 5.56 Å². The molecule has 0 aliphatic heterocycles. The van der Waals surface area contributed by atoms with Crippen molar-refractivity contribution in [1.82, 2.24) is 0 Å². The Hall–Kier alpha value is -1.81. The topological polar surface area (TPSA) is 37.3 Å². The highest BCUT2D eigenvalue weighted by Gasteiger charge is 2.12. The van der Waals surface area contributed by atoms with Crippen LogP contribution in [0.1, 0.15) is 10.4 Å². The van der Waals surface area contributed by atoms with Crippen LogP contribution in [0.25, 0.3) is 11.1 Å². The summed E-state index contributed by atoms with van der Waals surface area (Å²) in [6.45, 7) is 0. The van der Waals surface area contributed by atoms with E-state index in [2.05, 4.69) is 0 Å². The molecule has 0 amide bonds. The number of carboxylic acids is 1. The number of aromatic carboxylic acids is 1. The number of hydrogen-bond acceptors (Lipinski definition) is 2. The Balaban J connectivity index is 2.58. The van der Waals surface area contributed by atoms with Crippen molar-refractivity contribution in [1.29, 1.82) is 0 Å². The third-order valence-electron chi connectivity index (χ3n) is 2.61. The van der Waals surface area contributed by atoms with Crippen molar-refractivity contribution < 1.29 is 14.3 Å². The van der Waals surface area contributed by atoms with Gasteiger partial charge in [-0.25, -0.2) is 9.18 Å². The van der Waals surface area contributed by atoms with Gasteiger partial charge in [0, 0.05) is 4.90 Å². The van der Waals surface area contributed by atoms with Crippen molar-refractivity contribution in [3.8, 4) is 11.1 Å². The number of hydrogen-bond donors (Lipinski definition) is 1. The zero-order valence-corrected chi connectivity index (χ0v) is 10.5. The van der Waals surface area contributed by atoms with Gasteiger partial charge in [-0.1, -0.05) is 24.3 Å².